The van der Waals surface area contributed by atoms with Crippen molar-refractivity contribution in [2.75, 3.05) is 0 Å². The van der Waals surface area contributed by atoms with Crippen molar-refractivity contribution in [3.05, 3.63) is 6.92 Å². The minimum Gasteiger partial charge on any atom is -0.336 e. The van der Waals surface area contributed by atoms with Gasteiger partial charge < -0.3 is 10.6 Å². The molecule has 0 unspecified atom stereocenters. The van der Waals surface area contributed by atoms with Gasteiger partial charge in [0.15, 0.2) is 0 Å². The van der Waals surface area contributed by atoms with Crippen LogP contribution in [0.25, 0.3) is 0 Å². The molecular weight excluding hydrogens is 288 g/mol. The summed E-state index contributed by atoms with van der Waals surface area (Å²) in [5, 5.41) is 5.73. The molecule has 0 aliphatic heterocycles. The highest BCUT2D eigenvalue weighted by Crippen LogP contribution is 2.06. The molecule has 0 atom stereocenters. The average molecular weight is 326 g/mol. The Kier molecular flexibility index (Phi) is 15.1. The van der Waals surface area contributed by atoms with Crippen molar-refractivity contribution in [2.24, 2.45) is 0 Å². The maximum atomic E-state index is 11.9. The molecule has 4 nitrogen and oxygen atoms in total. The van der Waals surface area contributed by atoms with Crippen LogP contribution in [0.2, 0.25) is 0 Å². The second-order valence-corrected chi connectivity index (χ2v) is 6.30. The SMILES string of the molecule is [CH2]CC(NC(=O)CCCCCCC)NC(=O)CCCCCCC. The fourth-order valence-corrected chi connectivity index (χ4v) is 2.49. The van der Waals surface area contributed by atoms with Gasteiger partial charge in [0.25, 0.3) is 0 Å². The van der Waals surface area contributed by atoms with Gasteiger partial charge in [0, 0.05) is 12.8 Å². The van der Waals surface area contributed by atoms with Crippen LogP contribution in [0.1, 0.15) is 97.3 Å². The van der Waals surface area contributed by atoms with Crippen LogP contribution >= 0.6 is 0 Å². The summed E-state index contributed by atoms with van der Waals surface area (Å²) >= 11 is 0. The van der Waals surface area contributed by atoms with E-state index in [2.05, 4.69) is 31.4 Å². The Morgan fingerprint density at radius 3 is 1.48 bits per heavy atom. The Bertz CT molecular complexity index is 278. The van der Waals surface area contributed by atoms with E-state index in [4.69, 9.17) is 0 Å². The van der Waals surface area contributed by atoms with E-state index in [-0.39, 0.29) is 18.0 Å². The number of carbonyl (C=O) groups excluding carboxylic acids is 2. The monoisotopic (exact) mass is 325 g/mol. The number of amides is 2. The molecule has 1 radical (unpaired) electrons. The smallest absolute Gasteiger partial charge is 0.221 e. The van der Waals surface area contributed by atoms with Gasteiger partial charge in [-0.1, -0.05) is 65.2 Å². The van der Waals surface area contributed by atoms with Crippen LogP contribution < -0.4 is 10.6 Å². The van der Waals surface area contributed by atoms with Gasteiger partial charge in [-0.05, 0) is 26.2 Å². The van der Waals surface area contributed by atoms with Crippen molar-refractivity contribution >= 4 is 11.8 Å². The third kappa shape index (κ3) is 14.3. The lowest BCUT2D eigenvalue weighted by Crippen LogP contribution is -2.47. The number of nitrogens with one attached hydrogen (secondary N) is 2. The minimum atomic E-state index is -0.332. The molecule has 0 spiro atoms. The number of rotatable bonds is 15. The van der Waals surface area contributed by atoms with Gasteiger partial charge in [0.05, 0.1) is 0 Å². The first kappa shape index (κ1) is 21.9. The summed E-state index contributed by atoms with van der Waals surface area (Å²) in [7, 11) is 0. The lowest BCUT2D eigenvalue weighted by Gasteiger charge is -2.18. The lowest BCUT2D eigenvalue weighted by molar-refractivity contribution is -0.124. The van der Waals surface area contributed by atoms with Gasteiger partial charge in [-0.15, -0.1) is 0 Å². The maximum Gasteiger partial charge on any atom is 0.221 e. The molecule has 2 amide bonds. The van der Waals surface area contributed by atoms with Crippen molar-refractivity contribution in [2.45, 2.75) is 103 Å². The minimum absolute atomic E-state index is 0.0124. The molecule has 0 saturated heterocycles. The molecular formula is C19H37N2O2. The molecule has 2 N–H and O–H groups in total. The number of carbonyl (C=O) groups is 2. The van der Waals surface area contributed by atoms with E-state index in [0.29, 0.717) is 19.3 Å². The van der Waals surface area contributed by atoms with Gasteiger partial charge >= 0.3 is 0 Å². The van der Waals surface area contributed by atoms with Gasteiger partial charge in [-0.3, -0.25) is 9.59 Å². The average Bonchev–Trinajstić information content (AvgIpc) is 2.53. The fourth-order valence-electron chi connectivity index (χ4n) is 2.49. The normalized spacial score (nSPS) is 10.8. The van der Waals surface area contributed by atoms with Crippen molar-refractivity contribution in [3.63, 3.8) is 0 Å². The molecule has 0 aromatic heterocycles. The number of hydrogen-bond acceptors (Lipinski definition) is 2. The van der Waals surface area contributed by atoms with Gasteiger partial charge in [-0.2, -0.15) is 0 Å². The summed E-state index contributed by atoms with van der Waals surface area (Å²) in [5.41, 5.74) is 0. The van der Waals surface area contributed by atoms with Crippen LogP contribution in [-0.4, -0.2) is 18.0 Å². The molecule has 0 fully saturated rings. The molecule has 0 saturated carbocycles. The first-order valence-corrected chi connectivity index (χ1v) is 9.52. The number of unbranched alkanes of at least 4 members (excludes halogenated alkanes) is 8. The first-order chi connectivity index (χ1) is 11.1. The molecule has 0 heterocycles. The molecule has 4 heteroatoms. The van der Waals surface area contributed by atoms with Crippen LogP contribution in [0.4, 0.5) is 0 Å². The van der Waals surface area contributed by atoms with Gasteiger partial charge in [-0.25, -0.2) is 0 Å². The second-order valence-electron chi connectivity index (χ2n) is 6.30. The van der Waals surface area contributed by atoms with E-state index < -0.39 is 0 Å². The van der Waals surface area contributed by atoms with Crippen molar-refractivity contribution in [3.8, 4) is 0 Å². The molecule has 0 aromatic rings. The number of hydrogen-bond donors (Lipinski definition) is 2. The van der Waals surface area contributed by atoms with Crippen LogP contribution in [0, 0.1) is 6.92 Å². The molecule has 0 aromatic carbocycles. The molecule has 135 valence electrons. The second kappa shape index (κ2) is 15.8. The molecule has 23 heavy (non-hydrogen) atoms. The Hall–Kier alpha value is -1.06. The predicted molar refractivity (Wildman–Crippen MR) is 96.8 cm³/mol. The summed E-state index contributed by atoms with van der Waals surface area (Å²) < 4.78 is 0. The van der Waals surface area contributed by atoms with Crippen LogP contribution in [0.5, 0.6) is 0 Å². The van der Waals surface area contributed by atoms with Crippen molar-refractivity contribution in [1.29, 1.82) is 0 Å². The van der Waals surface area contributed by atoms with E-state index in [9.17, 15) is 9.59 Å². The summed E-state index contributed by atoms with van der Waals surface area (Å²) in [4.78, 5) is 23.7. The van der Waals surface area contributed by atoms with E-state index >= 15 is 0 Å². The van der Waals surface area contributed by atoms with Crippen LogP contribution in [0.3, 0.4) is 0 Å². The van der Waals surface area contributed by atoms with Gasteiger partial charge in [0.1, 0.15) is 6.17 Å². The first-order valence-electron chi connectivity index (χ1n) is 9.52. The Morgan fingerprint density at radius 2 is 1.13 bits per heavy atom. The Balaban J connectivity index is 3.77. The lowest BCUT2D eigenvalue weighted by atomic mass is 10.1. The van der Waals surface area contributed by atoms with Crippen molar-refractivity contribution in [1.82, 2.24) is 10.6 Å². The predicted octanol–water partition coefficient (Wildman–Crippen LogP) is 4.49. The van der Waals surface area contributed by atoms with Crippen molar-refractivity contribution < 1.29 is 9.59 Å². The maximum absolute atomic E-state index is 11.9. The summed E-state index contributed by atoms with van der Waals surface area (Å²) in [6.07, 6.45) is 12.5. The van der Waals surface area contributed by atoms with E-state index in [1.807, 2.05) is 0 Å². The Morgan fingerprint density at radius 1 is 0.739 bits per heavy atom. The topological polar surface area (TPSA) is 58.2 Å². The summed E-state index contributed by atoms with van der Waals surface area (Å²) in [6.45, 7) is 8.16. The summed E-state index contributed by atoms with van der Waals surface area (Å²) in [6, 6.07) is 0. The van der Waals surface area contributed by atoms with Crippen LogP contribution in [0.15, 0.2) is 0 Å². The third-order valence-electron chi connectivity index (χ3n) is 3.97. The quantitative estimate of drug-likeness (QED) is 0.344. The molecule has 0 rings (SSSR count). The molecule has 0 bridgehead atoms. The Labute approximate surface area is 143 Å². The molecule has 0 aliphatic rings. The highest BCUT2D eigenvalue weighted by molar-refractivity contribution is 5.79. The zero-order valence-corrected chi connectivity index (χ0v) is 15.3. The highest BCUT2D eigenvalue weighted by atomic mass is 16.2. The molecule has 0 aliphatic carbocycles. The largest absolute Gasteiger partial charge is 0.336 e. The van der Waals surface area contributed by atoms with Crippen LogP contribution in [-0.2, 0) is 9.59 Å². The fraction of sp³-hybridized carbons (Fsp3) is 0.842. The highest BCUT2D eigenvalue weighted by Gasteiger charge is 2.12. The summed E-state index contributed by atoms with van der Waals surface area (Å²) in [5.74, 6) is 0.0248. The zero-order valence-electron chi connectivity index (χ0n) is 15.3. The van der Waals surface area contributed by atoms with E-state index in [1.54, 1.807) is 0 Å². The zero-order chi connectivity index (χ0) is 17.3. The van der Waals surface area contributed by atoms with E-state index in [0.717, 1.165) is 25.7 Å². The third-order valence-corrected chi connectivity index (χ3v) is 3.97. The van der Waals surface area contributed by atoms with E-state index in [1.165, 1.54) is 38.5 Å². The standard InChI is InChI=1S/C19H37N2O2/c1-4-7-9-11-13-15-18(22)20-17(6-3)21-19(23)16-14-12-10-8-5-2/h17H,3-16H2,1-2H3,(H,20,22)(H,21,23). The van der Waals surface area contributed by atoms with Gasteiger partial charge in [0.2, 0.25) is 11.8 Å².